The van der Waals surface area contributed by atoms with Crippen molar-refractivity contribution < 1.29 is 43.8 Å². The van der Waals surface area contributed by atoms with Crippen molar-refractivity contribution >= 4 is 65.8 Å². The van der Waals surface area contributed by atoms with Gasteiger partial charge in [0.05, 0.1) is 35.9 Å². The van der Waals surface area contributed by atoms with Gasteiger partial charge in [-0.3, -0.25) is 4.57 Å². The predicted octanol–water partition coefficient (Wildman–Crippen LogP) is 15.4. The molecule has 0 N–H and O–H groups in total. The van der Waals surface area contributed by atoms with E-state index in [1.807, 2.05) is 97.2 Å². The van der Waals surface area contributed by atoms with Gasteiger partial charge in [0.1, 0.15) is 11.4 Å². The molecule has 7 heteroatoms. The molecular formula is C64H45N5OPt-2. The number of pyridine rings is 1. The van der Waals surface area contributed by atoms with Crippen LogP contribution >= 0.6 is 0 Å². The van der Waals surface area contributed by atoms with Gasteiger partial charge in [-0.05, 0) is 80.2 Å². The van der Waals surface area contributed by atoms with Gasteiger partial charge in [-0.1, -0.05) is 195 Å². The number of aromatic nitrogens is 5. The van der Waals surface area contributed by atoms with Crippen LogP contribution in [0.15, 0.2) is 223 Å². The van der Waals surface area contributed by atoms with E-state index in [1.165, 1.54) is 0 Å². The fourth-order valence-electron chi connectivity index (χ4n) is 9.63. The molecule has 0 aliphatic carbocycles. The minimum Gasteiger partial charge on any atom is -0.514 e. The van der Waals surface area contributed by atoms with Crippen LogP contribution in [0.3, 0.4) is 0 Å². The third-order valence-electron chi connectivity index (χ3n) is 12.9. The summed E-state index contributed by atoms with van der Waals surface area (Å²) < 4.78 is 103. The number of benzene rings is 9. The number of hydrogen-bond donors (Lipinski definition) is 0. The maximum Gasteiger partial charge on any atom is 0.268 e. The zero-order chi connectivity index (χ0) is 55.6. The minimum atomic E-state index is -0.577. The van der Waals surface area contributed by atoms with Gasteiger partial charge < -0.3 is 18.1 Å². The van der Waals surface area contributed by atoms with Gasteiger partial charge in [-0.15, -0.1) is 18.2 Å². The molecule has 0 saturated carbocycles. The number of hydrogen-bond acceptors (Lipinski definition) is 2. The summed E-state index contributed by atoms with van der Waals surface area (Å²) in [5.41, 5.74) is 7.71. The van der Waals surface area contributed by atoms with Gasteiger partial charge in [0.15, 0.2) is 0 Å². The van der Waals surface area contributed by atoms with E-state index >= 15 is 0 Å². The van der Waals surface area contributed by atoms with Crippen molar-refractivity contribution in [2.24, 2.45) is 0 Å². The van der Waals surface area contributed by atoms with Crippen molar-refractivity contribution in [1.29, 1.82) is 0 Å². The van der Waals surface area contributed by atoms with Gasteiger partial charge in [0.2, 0.25) is 0 Å². The van der Waals surface area contributed by atoms with Crippen LogP contribution in [0.25, 0.3) is 111 Å². The maximum absolute atomic E-state index is 9.16. The Morgan fingerprint density at radius 1 is 0.535 bits per heavy atom. The van der Waals surface area contributed by atoms with E-state index in [1.54, 1.807) is 27.3 Å². The summed E-state index contributed by atoms with van der Waals surface area (Å²) in [5, 5.41) is 3.67. The molecule has 6 nitrogen and oxygen atoms in total. The Bertz CT molecular complexity index is 4710. The Morgan fingerprint density at radius 2 is 1.13 bits per heavy atom. The topological polar surface area (TPSA) is 44.7 Å². The molecule has 0 saturated heterocycles. The van der Waals surface area contributed by atoms with Crippen molar-refractivity contribution in [3.8, 4) is 45.1 Å². The van der Waals surface area contributed by atoms with Gasteiger partial charge in [-0.2, -0.15) is 18.2 Å². The second kappa shape index (κ2) is 17.6. The molecule has 71 heavy (non-hydrogen) atoms. The van der Waals surface area contributed by atoms with E-state index in [9.17, 15) is 0 Å². The van der Waals surface area contributed by atoms with Crippen LogP contribution < -0.4 is 4.57 Å². The number of nitrogens with zero attached hydrogens (tertiary/aromatic N) is 5. The summed E-state index contributed by atoms with van der Waals surface area (Å²) in [6.45, 7) is 6.55. The Balaban J connectivity index is 0.00000651. The Kier molecular flexibility index (Phi) is 8.43. The van der Waals surface area contributed by atoms with Gasteiger partial charge in [0, 0.05) is 49.1 Å². The molecule has 0 atom stereocenters. The molecule has 0 spiro atoms. The SMILES string of the molecule is [2H]c1c([2H])c([2H])c(-c2cccc(-c3c([2H])c([2H])c([2H])c([2H])c3[2H])c2-[n+]2[c-]n(-c3[c-]c(-n4c5[c-]c6c(cc5oc5ccccc5c5ccccc54)c4ccccc4n6-c4cc(C(C)(C)C)ccn4)ccc3)c3ccccc32)c([2H])c1[2H].[Pt]. The van der Waals surface area contributed by atoms with Crippen molar-refractivity contribution in [2.45, 2.75) is 26.2 Å². The molecule has 0 radical (unpaired) electrons. The second-order valence-corrected chi connectivity index (χ2v) is 18.1. The molecule has 0 aliphatic heterocycles. The monoisotopic (exact) mass is 1100 g/mol. The second-order valence-electron chi connectivity index (χ2n) is 18.1. The van der Waals surface area contributed by atoms with E-state index < -0.39 is 60.4 Å². The van der Waals surface area contributed by atoms with Crippen LogP contribution in [0, 0.1) is 18.5 Å². The van der Waals surface area contributed by atoms with E-state index in [-0.39, 0.29) is 54.4 Å². The van der Waals surface area contributed by atoms with E-state index in [0.717, 1.165) is 49.5 Å². The van der Waals surface area contributed by atoms with E-state index in [0.29, 0.717) is 39.1 Å². The predicted molar refractivity (Wildman–Crippen MR) is 285 cm³/mol. The molecule has 0 bridgehead atoms. The summed E-state index contributed by atoms with van der Waals surface area (Å²) >= 11 is 0. The van der Waals surface area contributed by atoms with Crippen molar-refractivity contribution in [3.63, 3.8) is 0 Å². The van der Waals surface area contributed by atoms with E-state index in [4.69, 9.17) is 23.1 Å². The summed E-state index contributed by atoms with van der Waals surface area (Å²) in [7, 11) is 0. The zero-order valence-corrected chi connectivity index (χ0v) is 40.7. The molecule has 0 aliphatic rings. The van der Waals surface area contributed by atoms with E-state index in [2.05, 4.69) is 90.8 Å². The molecule has 9 aromatic carbocycles. The standard InChI is InChI=1S/C64H45N5O.Pt/c1-64(2,3)45-36-37-65-62(38-45)69-55-32-14-11-27-51(55)53-40-61-59(41-58(53)69)68(54-31-13-10-26-50(54)52-28-12-17-35-60(52)70-61)47-25-18-24-46(39-47)66-42-67(57-34-16-15-33-56(57)66)63-48(43-20-6-4-7-21-43)29-19-30-49(63)44-22-8-5-9-23-44;/h4-38,40H,1-3H3;/q-2;/i4D,5D,6D,7D,8D,9D,20D,21D,22D,23D;. The van der Waals surface area contributed by atoms with Gasteiger partial charge in [-0.25, -0.2) is 4.98 Å². The molecule has 0 fully saturated rings. The third-order valence-corrected chi connectivity index (χ3v) is 12.9. The maximum atomic E-state index is 9.16. The molecule has 0 amide bonds. The Hall–Kier alpha value is -8.31. The Morgan fingerprint density at radius 3 is 1.83 bits per heavy atom. The smallest absolute Gasteiger partial charge is 0.268 e. The molecule has 13 aromatic rings. The van der Waals surface area contributed by atoms with Crippen molar-refractivity contribution in [3.05, 3.63) is 242 Å². The summed E-state index contributed by atoms with van der Waals surface area (Å²) in [6, 6.07) is 50.8. The average molecular weight is 1110 g/mol. The van der Waals surface area contributed by atoms with Crippen molar-refractivity contribution in [2.75, 3.05) is 0 Å². The Labute approximate surface area is 440 Å². The first-order valence-corrected chi connectivity index (χ1v) is 22.9. The molecule has 4 heterocycles. The van der Waals surface area contributed by atoms with Gasteiger partial charge in [0.25, 0.3) is 6.33 Å². The molecular weight excluding hydrogens is 1050 g/mol. The molecule has 4 aromatic heterocycles. The molecule has 0 unspecified atom stereocenters. The number of imidazole rings is 1. The average Bonchev–Trinajstić information content (AvgIpc) is 3.97. The number of para-hydroxylation sites is 6. The summed E-state index contributed by atoms with van der Waals surface area (Å²) in [6.07, 6.45) is 5.37. The number of rotatable bonds is 6. The quantitative estimate of drug-likeness (QED) is 0.123. The largest absolute Gasteiger partial charge is 0.514 e. The zero-order valence-electron chi connectivity index (χ0n) is 48.5. The summed E-state index contributed by atoms with van der Waals surface area (Å²) in [4.78, 5) is 4.96. The van der Waals surface area contributed by atoms with Crippen molar-refractivity contribution in [1.82, 2.24) is 18.7 Å². The van der Waals surface area contributed by atoms with Crippen LogP contribution in [0.2, 0.25) is 0 Å². The van der Waals surface area contributed by atoms with Crippen LogP contribution in [-0.4, -0.2) is 18.7 Å². The van der Waals surface area contributed by atoms with Crippen LogP contribution in [0.5, 0.6) is 0 Å². The minimum absolute atomic E-state index is 0. The fraction of sp³-hybridized carbons (Fsp3) is 0.0625. The van der Waals surface area contributed by atoms with Gasteiger partial charge >= 0.3 is 0 Å². The molecule has 344 valence electrons. The first-order chi connectivity index (χ1) is 38.5. The van der Waals surface area contributed by atoms with Crippen LogP contribution in [0.4, 0.5) is 0 Å². The summed E-state index contributed by atoms with van der Waals surface area (Å²) in [5.74, 6) is 0.739. The van der Waals surface area contributed by atoms with Crippen LogP contribution in [-0.2, 0) is 26.5 Å². The fourth-order valence-corrected chi connectivity index (χ4v) is 9.63. The number of fused-ring (bicyclic) bond motifs is 8. The normalized spacial score (nSPS) is 13.7. The third kappa shape index (κ3) is 7.46. The first-order valence-electron chi connectivity index (χ1n) is 27.9. The van der Waals surface area contributed by atoms with Crippen LogP contribution in [0.1, 0.15) is 40.0 Å². The molecule has 13 rings (SSSR count). The first kappa shape index (κ1) is 34.1.